The Bertz CT molecular complexity index is 2220. The van der Waals surface area contributed by atoms with E-state index in [0.717, 1.165) is 56.4 Å². The minimum atomic E-state index is 0.954. The summed E-state index contributed by atoms with van der Waals surface area (Å²) in [5.74, 6) is 0. The number of benzene rings is 6. The summed E-state index contributed by atoms with van der Waals surface area (Å²) >= 11 is 0. The van der Waals surface area contributed by atoms with Crippen molar-refractivity contribution >= 4 is 0 Å². The summed E-state index contributed by atoms with van der Waals surface area (Å²) in [6, 6.07) is 55.3. The highest BCUT2D eigenvalue weighted by Gasteiger charge is 2.20. The standard InChI is InChI=1S/C46H38N4/c1-31-25-39(49-43(37-21-13-7-14-22-37)29-41(47-49)35-17-9-5-10-18-35)26-32(2)45(31)46-33(3)27-40(28-34(46)4)50-44(38-23-15-8-16-24-38)30-42(48-50)36-19-11-6-12-20-36/h5-30H,1-4H3. The number of nitrogens with zero attached hydrogens (tertiary/aromatic N) is 4. The van der Waals surface area contributed by atoms with Gasteiger partial charge in [0.25, 0.3) is 0 Å². The van der Waals surface area contributed by atoms with Crippen LogP contribution in [0.5, 0.6) is 0 Å². The molecule has 0 spiro atoms. The molecule has 4 nitrogen and oxygen atoms in total. The molecular formula is C46H38N4. The molecule has 8 rings (SSSR count). The van der Waals surface area contributed by atoms with Gasteiger partial charge in [0.1, 0.15) is 0 Å². The summed E-state index contributed by atoms with van der Waals surface area (Å²) in [5, 5.41) is 10.3. The van der Waals surface area contributed by atoms with E-state index in [-0.39, 0.29) is 0 Å². The molecule has 0 radical (unpaired) electrons. The van der Waals surface area contributed by atoms with Crippen molar-refractivity contribution in [1.82, 2.24) is 19.6 Å². The van der Waals surface area contributed by atoms with Crippen LogP contribution in [0.4, 0.5) is 0 Å². The fourth-order valence-electron chi connectivity index (χ4n) is 7.20. The van der Waals surface area contributed by atoms with E-state index in [9.17, 15) is 0 Å². The fraction of sp³-hybridized carbons (Fsp3) is 0.0870. The predicted molar refractivity (Wildman–Crippen MR) is 207 cm³/mol. The van der Waals surface area contributed by atoms with Crippen molar-refractivity contribution in [3.8, 4) is 67.5 Å². The van der Waals surface area contributed by atoms with Crippen LogP contribution in [0.3, 0.4) is 0 Å². The molecule has 0 saturated carbocycles. The number of aromatic nitrogens is 4. The van der Waals surface area contributed by atoms with Gasteiger partial charge in [0.2, 0.25) is 0 Å². The molecule has 2 heterocycles. The van der Waals surface area contributed by atoms with Crippen molar-refractivity contribution in [1.29, 1.82) is 0 Å². The van der Waals surface area contributed by atoms with E-state index in [4.69, 9.17) is 10.2 Å². The molecule has 0 unspecified atom stereocenters. The van der Waals surface area contributed by atoms with Gasteiger partial charge in [-0.25, -0.2) is 9.36 Å². The lowest BCUT2D eigenvalue weighted by atomic mass is 9.88. The molecule has 0 aliphatic carbocycles. The Hall–Kier alpha value is -6.26. The normalized spacial score (nSPS) is 11.2. The Labute approximate surface area is 294 Å². The van der Waals surface area contributed by atoms with Crippen molar-refractivity contribution in [3.63, 3.8) is 0 Å². The molecule has 242 valence electrons. The van der Waals surface area contributed by atoms with E-state index >= 15 is 0 Å². The molecule has 0 saturated heterocycles. The smallest absolute Gasteiger partial charge is 0.0934 e. The molecule has 2 aromatic heterocycles. The third-order valence-electron chi connectivity index (χ3n) is 9.47. The van der Waals surface area contributed by atoms with Crippen LogP contribution in [0, 0.1) is 27.7 Å². The molecule has 50 heavy (non-hydrogen) atoms. The Kier molecular flexibility index (Phi) is 8.06. The average Bonchev–Trinajstić information content (AvgIpc) is 3.80. The Morgan fingerprint density at radius 3 is 0.920 bits per heavy atom. The maximum atomic E-state index is 5.16. The average molecular weight is 647 g/mol. The van der Waals surface area contributed by atoms with Gasteiger partial charge in [0.05, 0.1) is 34.2 Å². The molecule has 0 N–H and O–H groups in total. The minimum Gasteiger partial charge on any atom is -0.232 e. The molecule has 0 amide bonds. The molecule has 0 fully saturated rings. The molecular weight excluding hydrogens is 609 g/mol. The van der Waals surface area contributed by atoms with Gasteiger partial charge in [0.15, 0.2) is 0 Å². The Morgan fingerprint density at radius 1 is 0.340 bits per heavy atom. The molecule has 0 aliphatic rings. The van der Waals surface area contributed by atoms with E-state index in [1.807, 2.05) is 12.1 Å². The maximum Gasteiger partial charge on any atom is 0.0934 e. The first-order chi connectivity index (χ1) is 24.4. The first-order valence-corrected chi connectivity index (χ1v) is 17.1. The molecule has 8 aromatic rings. The molecule has 0 atom stereocenters. The Balaban J connectivity index is 1.22. The first-order valence-electron chi connectivity index (χ1n) is 17.1. The summed E-state index contributed by atoms with van der Waals surface area (Å²) in [6.07, 6.45) is 0. The van der Waals surface area contributed by atoms with Crippen LogP contribution in [0.1, 0.15) is 22.3 Å². The summed E-state index contributed by atoms with van der Waals surface area (Å²) in [4.78, 5) is 0. The van der Waals surface area contributed by atoms with Crippen molar-refractivity contribution in [2.45, 2.75) is 27.7 Å². The number of hydrogen-bond donors (Lipinski definition) is 0. The number of aryl methyl sites for hydroxylation is 4. The molecule has 0 aliphatic heterocycles. The zero-order valence-corrected chi connectivity index (χ0v) is 28.8. The second-order valence-electron chi connectivity index (χ2n) is 13.0. The van der Waals surface area contributed by atoms with Crippen LogP contribution >= 0.6 is 0 Å². The van der Waals surface area contributed by atoms with Crippen LogP contribution in [0.2, 0.25) is 0 Å². The summed E-state index contributed by atoms with van der Waals surface area (Å²) in [5.41, 5.74) is 18.0. The van der Waals surface area contributed by atoms with E-state index < -0.39 is 0 Å². The van der Waals surface area contributed by atoms with E-state index in [1.165, 1.54) is 33.4 Å². The van der Waals surface area contributed by atoms with Gasteiger partial charge in [-0.1, -0.05) is 121 Å². The van der Waals surface area contributed by atoms with Crippen LogP contribution in [-0.4, -0.2) is 19.6 Å². The zero-order valence-electron chi connectivity index (χ0n) is 28.8. The molecule has 4 heteroatoms. The third-order valence-corrected chi connectivity index (χ3v) is 9.47. The SMILES string of the molecule is Cc1cc(-n2nc(-c3ccccc3)cc2-c2ccccc2)cc(C)c1-c1c(C)cc(-n2nc(-c3ccccc3)cc2-c2ccccc2)cc1C. The number of hydrogen-bond acceptors (Lipinski definition) is 2. The molecule has 6 aromatic carbocycles. The van der Waals surface area contributed by atoms with Crippen molar-refractivity contribution in [2.75, 3.05) is 0 Å². The van der Waals surface area contributed by atoms with Gasteiger partial charge in [-0.05, 0) is 97.5 Å². The largest absolute Gasteiger partial charge is 0.232 e. The van der Waals surface area contributed by atoms with Gasteiger partial charge in [-0.15, -0.1) is 0 Å². The van der Waals surface area contributed by atoms with Crippen molar-refractivity contribution in [2.24, 2.45) is 0 Å². The van der Waals surface area contributed by atoms with Crippen molar-refractivity contribution in [3.05, 3.63) is 180 Å². The summed E-state index contributed by atoms with van der Waals surface area (Å²) in [6.45, 7) is 8.87. The summed E-state index contributed by atoms with van der Waals surface area (Å²) in [7, 11) is 0. The predicted octanol–water partition coefficient (Wildman–Crippen LogP) is 11.6. The second-order valence-corrected chi connectivity index (χ2v) is 13.0. The maximum absolute atomic E-state index is 5.16. The summed E-state index contributed by atoms with van der Waals surface area (Å²) < 4.78 is 4.19. The quantitative estimate of drug-likeness (QED) is 0.173. The van der Waals surface area contributed by atoms with Crippen LogP contribution < -0.4 is 0 Å². The van der Waals surface area contributed by atoms with Crippen LogP contribution in [-0.2, 0) is 0 Å². The number of rotatable bonds is 7. The minimum absolute atomic E-state index is 0.954. The fourth-order valence-corrected chi connectivity index (χ4v) is 7.20. The van der Waals surface area contributed by atoms with Gasteiger partial charge < -0.3 is 0 Å². The first kappa shape index (κ1) is 31.0. The highest BCUT2D eigenvalue weighted by atomic mass is 15.3. The van der Waals surface area contributed by atoms with E-state index in [1.54, 1.807) is 0 Å². The lowest BCUT2D eigenvalue weighted by Gasteiger charge is -2.20. The van der Waals surface area contributed by atoms with E-state index in [2.05, 4.69) is 183 Å². The van der Waals surface area contributed by atoms with Crippen LogP contribution in [0.15, 0.2) is 158 Å². The van der Waals surface area contributed by atoms with Gasteiger partial charge in [-0.2, -0.15) is 10.2 Å². The van der Waals surface area contributed by atoms with Gasteiger partial charge in [0, 0.05) is 22.3 Å². The molecule has 0 bridgehead atoms. The van der Waals surface area contributed by atoms with E-state index in [0.29, 0.717) is 0 Å². The van der Waals surface area contributed by atoms with Crippen molar-refractivity contribution < 1.29 is 0 Å². The highest BCUT2D eigenvalue weighted by molar-refractivity contribution is 5.80. The lowest BCUT2D eigenvalue weighted by molar-refractivity contribution is 0.887. The topological polar surface area (TPSA) is 35.6 Å². The zero-order chi connectivity index (χ0) is 34.2. The van der Waals surface area contributed by atoms with Gasteiger partial charge in [-0.3, -0.25) is 0 Å². The van der Waals surface area contributed by atoms with Gasteiger partial charge >= 0.3 is 0 Å². The Morgan fingerprint density at radius 2 is 0.620 bits per heavy atom. The highest BCUT2D eigenvalue weighted by Crippen LogP contribution is 2.38. The lowest BCUT2D eigenvalue weighted by Crippen LogP contribution is -2.04. The monoisotopic (exact) mass is 646 g/mol. The second kappa shape index (κ2) is 13.0. The third kappa shape index (κ3) is 5.75. The van der Waals surface area contributed by atoms with Crippen LogP contribution in [0.25, 0.3) is 67.5 Å².